The first-order chi connectivity index (χ1) is 20.1. The van der Waals surface area contributed by atoms with Crippen LogP contribution in [0.2, 0.25) is 0 Å². The number of Topliss-reactive ketones (excluding diaryl/α,β-unsaturated/α-hetero) is 1. The number of anilines is 1. The lowest BCUT2D eigenvalue weighted by atomic mass is 9.33. The second-order valence-electron chi connectivity index (χ2n) is 16.3. The van der Waals surface area contributed by atoms with Gasteiger partial charge < -0.3 is 4.74 Å². The molecule has 0 bridgehead atoms. The Morgan fingerprint density at radius 2 is 1.60 bits per heavy atom. The second-order valence-corrected chi connectivity index (χ2v) is 16.3. The van der Waals surface area contributed by atoms with Gasteiger partial charge in [-0.05, 0) is 108 Å². The highest BCUT2D eigenvalue weighted by Gasteiger charge is 2.71. The molecule has 1 aromatic rings. The van der Waals surface area contributed by atoms with E-state index in [-0.39, 0.29) is 63.7 Å². The molecule has 0 spiro atoms. The van der Waals surface area contributed by atoms with Crippen molar-refractivity contribution in [3.8, 4) is 0 Å². The van der Waals surface area contributed by atoms with Crippen LogP contribution in [-0.4, -0.2) is 33.7 Å². The molecule has 1 heterocycles. The smallest absolute Gasteiger partial charge is 0.302 e. The number of ether oxygens (including phenoxy) is 1. The number of carbonyl (C=O) groups excluding carboxylic acids is 3. The summed E-state index contributed by atoms with van der Waals surface area (Å²) in [5, 5.41) is 3.01. The van der Waals surface area contributed by atoms with Crippen molar-refractivity contribution in [2.24, 2.45) is 50.7 Å². The van der Waals surface area contributed by atoms with Gasteiger partial charge in [-0.25, -0.2) is 9.97 Å². The Bertz CT molecular complexity index is 1370. The van der Waals surface area contributed by atoms with Crippen LogP contribution >= 0.6 is 0 Å². The molecular formula is C36H51N3O4. The molecular weight excluding hydrogens is 538 g/mol. The number of hydrogen-bond acceptors (Lipinski definition) is 6. The van der Waals surface area contributed by atoms with Crippen LogP contribution in [0.5, 0.6) is 0 Å². The number of nitrogens with zero attached hydrogens (tertiary/aromatic N) is 2. The molecule has 7 nitrogen and oxygen atoms in total. The Balaban J connectivity index is 1.39. The zero-order valence-electron chi connectivity index (χ0n) is 27.5. The van der Waals surface area contributed by atoms with Crippen LogP contribution in [0.25, 0.3) is 0 Å². The van der Waals surface area contributed by atoms with Crippen LogP contribution in [-0.2, 0) is 19.1 Å². The van der Waals surface area contributed by atoms with Crippen molar-refractivity contribution < 1.29 is 19.1 Å². The molecule has 1 aromatic heterocycles. The zero-order chi connectivity index (χ0) is 31.2. The van der Waals surface area contributed by atoms with Crippen molar-refractivity contribution in [3.05, 3.63) is 29.6 Å². The third-order valence-electron chi connectivity index (χ3n) is 13.9. The normalized spacial score (nSPS) is 41.6. The molecule has 6 rings (SSSR count). The fourth-order valence-corrected chi connectivity index (χ4v) is 11.9. The van der Waals surface area contributed by atoms with E-state index >= 15 is 0 Å². The van der Waals surface area contributed by atoms with E-state index in [2.05, 4.69) is 63.8 Å². The maximum atomic E-state index is 14.2. The molecule has 43 heavy (non-hydrogen) atoms. The number of amides is 1. The van der Waals surface area contributed by atoms with Gasteiger partial charge >= 0.3 is 5.97 Å². The molecule has 4 saturated carbocycles. The average molecular weight is 590 g/mol. The van der Waals surface area contributed by atoms with Gasteiger partial charge in [-0.1, -0.05) is 48.5 Å². The van der Waals surface area contributed by atoms with Crippen LogP contribution < -0.4 is 5.32 Å². The van der Waals surface area contributed by atoms with Crippen molar-refractivity contribution >= 4 is 23.6 Å². The molecule has 234 valence electrons. The Labute approximate surface area is 257 Å². The lowest BCUT2D eigenvalue weighted by molar-refractivity contribution is -0.232. The molecule has 5 aliphatic carbocycles. The molecule has 4 fully saturated rings. The van der Waals surface area contributed by atoms with Crippen molar-refractivity contribution in [2.75, 3.05) is 5.32 Å². The molecule has 0 aromatic carbocycles. The Morgan fingerprint density at radius 1 is 0.907 bits per heavy atom. The van der Waals surface area contributed by atoms with Crippen LogP contribution in [0, 0.1) is 50.7 Å². The van der Waals surface area contributed by atoms with Gasteiger partial charge in [-0.3, -0.25) is 19.7 Å². The lowest BCUT2D eigenvalue weighted by Crippen LogP contribution is -2.66. The summed E-state index contributed by atoms with van der Waals surface area (Å²) >= 11 is 0. The van der Waals surface area contributed by atoms with Crippen LogP contribution in [0.1, 0.15) is 113 Å². The number of nitrogens with one attached hydrogen (secondary N) is 1. The number of allylic oxidation sites excluding steroid dienone is 1. The van der Waals surface area contributed by atoms with Gasteiger partial charge in [0, 0.05) is 31.2 Å². The highest BCUT2D eigenvalue weighted by molar-refractivity contribution is 6.09. The fraction of sp³-hybridized carbons (Fsp3) is 0.750. The van der Waals surface area contributed by atoms with E-state index in [0.717, 1.165) is 56.1 Å². The van der Waals surface area contributed by atoms with E-state index < -0.39 is 5.41 Å². The second kappa shape index (κ2) is 9.97. The number of ketones is 1. The first-order valence-electron chi connectivity index (χ1n) is 16.7. The standard InChI is InChI=1S/C36H51N3O4/c1-21(2)28-24(41)20-36(30(42)39-31-37-18-9-19-38-31)17-16-34(7)23(29(28)36)10-11-26-33(6)14-13-27(43-22(3)40)32(4,5)25(33)12-15-35(26,34)8/h9,18-19,21,23,25-27H,10-17,20H2,1-8H3,(H,37,38,39,42)/t23?,25?,26?,27-,33-,34+,35+,36+/m0/s1. The summed E-state index contributed by atoms with van der Waals surface area (Å²) in [6.07, 6.45) is 11.4. The van der Waals surface area contributed by atoms with Crippen molar-refractivity contribution in [3.63, 3.8) is 0 Å². The molecule has 5 aliphatic rings. The maximum absolute atomic E-state index is 14.2. The average Bonchev–Trinajstić information content (AvgIpc) is 3.24. The molecule has 0 radical (unpaired) electrons. The summed E-state index contributed by atoms with van der Waals surface area (Å²) in [5.74, 6) is 1.44. The van der Waals surface area contributed by atoms with Gasteiger partial charge in [0.1, 0.15) is 6.10 Å². The van der Waals surface area contributed by atoms with Gasteiger partial charge in [-0.15, -0.1) is 0 Å². The summed E-state index contributed by atoms with van der Waals surface area (Å²) < 4.78 is 5.91. The summed E-state index contributed by atoms with van der Waals surface area (Å²) in [4.78, 5) is 48.6. The highest BCUT2D eigenvalue weighted by Crippen LogP contribution is 2.76. The summed E-state index contributed by atoms with van der Waals surface area (Å²) in [7, 11) is 0. The number of carbonyl (C=O) groups is 3. The number of hydrogen-bond donors (Lipinski definition) is 1. The monoisotopic (exact) mass is 589 g/mol. The quantitative estimate of drug-likeness (QED) is 0.369. The topological polar surface area (TPSA) is 98.2 Å². The van der Waals surface area contributed by atoms with Crippen LogP contribution in [0.4, 0.5) is 5.95 Å². The van der Waals surface area contributed by atoms with Crippen molar-refractivity contribution in [1.82, 2.24) is 9.97 Å². The van der Waals surface area contributed by atoms with E-state index in [1.807, 2.05) is 0 Å². The predicted molar refractivity (Wildman–Crippen MR) is 166 cm³/mol. The first-order valence-corrected chi connectivity index (χ1v) is 16.7. The van der Waals surface area contributed by atoms with E-state index in [0.29, 0.717) is 24.2 Å². The lowest BCUT2D eigenvalue weighted by Gasteiger charge is -2.72. The molecule has 7 heteroatoms. The largest absolute Gasteiger partial charge is 0.462 e. The number of esters is 1. The van der Waals surface area contributed by atoms with Crippen LogP contribution in [0.3, 0.4) is 0 Å². The maximum Gasteiger partial charge on any atom is 0.302 e. The van der Waals surface area contributed by atoms with Gasteiger partial charge in [0.05, 0.1) is 5.41 Å². The van der Waals surface area contributed by atoms with Gasteiger partial charge in [0.15, 0.2) is 5.78 Å². The Kier molecular flexibility index (Phi) is 7.06. The summed E-state index contributed by atoms with van der Waals surface area (Å²) in [6, 6.07) is 1.74. The predicted octanol–water partition coefficient (Wildman–Crippen LogP) is 7.33. The van der Waals surface area contributed by atoms with Crippen molar-refractivity contribution in [1.29, 1.82) is 0 Å². The Hall–Kier alpha value is -2.57. The highest BCUT2D eigenvalue weighted by atomic mass is 16.5. The van der Waals surface area contributed by atoms with E-state index in [1.54, 1.807) is 18.5 Å². The molecule has 0 saturated heterocycles. The number of fused-ring (bicyclic) bond motifs is 7. The minimum atomic E-state index is -0.825. The number of aromatic nitrogens is 2. The third-order valence-corrected chi connectivity index (χ3v) is 13.9. The van der Waals surface area contributed by atoms with E-state index in [1.165, 1.54) is 6.92 Å². The minimum Gasteiger partial charge on any atom is -0.462 e. The number of rotatable bonds is 4. The molecule has 8 atom stereocenters. The zero-order valence-corrected chi connectivity index (χ0v) is 27.5. The molecule has 1 N–H and O–H groups in total. The molecule has 0 aliphatic heterocycles. The van der Waals surface area contributed by atoms with Gasteiger partial charge in [-0.2, -0.15) is 0 Å². The van der Waals surface area contributed by atoms with Crippen LogP contribution in [0.15, 0.2) is 29.6 Å². The van der Waals surface area contributed by atoms with E-state index in [9.17, 15) is 14.4 Å². The van der Waals surface area contributed by atoms with E-state index in [4.69, 9.17) is 4.74 Å². The Morgan fingerprint density at radius 3 is 2.26 bits per heavy atom. The first kappa shape index (κ1) is 30.5. The van der Waals surface area contributed by atoms with Gasteiger partial charge in [0.2, 0.25) is 11.9 Å². The third kappa shape index (κ3) is 4.15. The van der Waals surface area contributed by atoms with Gasteiger partial charge in [0.25, 0.3) is 0 Å². The molecule has 3 unspecified atom stereocenters. The molecule has 1 amide bonds. The fourth-order valence-electron chi connectivity index (χ4n) is 11.9. The summed E-state index contributed by atoms with van der Waals surface area (Å²) in [6.45, 7) is 18.0. The SMILES string of the molecule is CC(=O)O[C@H]1CC[C@@]2(C)C(CC[C@]3(C)C2CCC2C4=C(C(C)C)C(=O)C[C@]4(C(=O)Nc4ncccn4)CC[C@]23C)C1(C)C. The summed E-state index contributed by atoms with van der Waals surface area (Å²) in [5.41, 5.74) is 1.35. The van der Waals surface area contributed by atoms with Crippen molar-refractivity contribution in [2.45, 2.75) is 119 Å². The minimum absolute atomic E-state index is 0.0199.